The van der Waals surface area contributed by atoms with Crippen LogP contribution >= 0.6 is 0 Å². The second kappa shape index (κ2) is 4.28. The first-order valence-electron chi connectivity index (χ1n) is 3.55. The monoisotopic (exact) mass is 144 g/mol. The zero-order valence-corrected chi connectivity index (χ0v) is 6.85. The third-order valence-corrected chi connectivity index (χ3v) is 1.26. The SMILES string of the molecule is CCO[C@H](C(=N)N)C(C)C. The van der Waals surface area contributed by atoms with E-state index in [1.807, 2.05) is 20.8 Å². The molecule has 0 amide bonds. The van der Waals surface area contributed by atoms with Crippen LogP contribution in [0.1, 0.15) is 20.8 Å². The van der Waals surface area contributed by atoms with E-state index >= 15 is 0 Å². The van der Waals surface area contributed by atoms with Gasteiger partial charge in [0, 0.05) is 6.61 Å². The first kappa shape index (κ1) is 9.43. The fraction of sp³-hybridized carbons (Fsp3) is 0.857. The fourth-order valence-electron chi connectivity index (χ4n) is 0.821. The lowest BCUT2D eigenvalue weighted by Crippen LogP contribution is -2.34. The third kappa shape index (κ3) is 2.82. The number of hydrogen-bond donors (Lipinski definition) is 2. The molecule has 0 aliphatic heterocycles. The standard InChI is InChI=1S/C7H16N2O/c1-4-10-6(5(2)3)7(8)9/h5-6H,4H2,1-3H3,(H3,8,9)/t6-/m0/s1. The number of rotatable bonds is 4. The Balaban J connectivity index is 3.85. The highest BCUT2D eigenvalue weighted by atomic mass is 16.5. The molecule has 0 saturated carbocycles. The van der Waals surface area contributed by atoms with Crippen molar-refractivity contribution in [2.75, 3.05) is 6.61 Å². The van der Waals surface area contributed by atoms with E-state index < -0.39 is 0 Å². The van der Waals surface area contributed by atoms with E-state index in [2.05, 4.69) is 0 Å². The Hall–Kier alpha value is -0.570. The molecular formula is C7H16N2O. The summed E-state index contributed by atoms with van der Waals surface area (Å²) in [5.74, 6) is 0.411. The van der Waals surface area contributed by atoms with Gasteiger partial charge < -0.3 is 10.5 Å². The van der Waals surface area contributed by atoms with Crippen LogP contribution in [0.25, 0.3) is 0 Å². The first-order chi connectivity index (χ1) is 4.59. The molecule has 0 rings (SSSR count). The largest absolute Gasteiger partial charge is 0.385 e. The van der Waals surface area contributed by atoms with Gasteiger partial charge in [0.05, 0.1) is 0 Å². The van der Waals surface area contributed by atoms with Crippen molar-refractivity contribution in [3.05, 3.63) is 0 Å². The van der Waals surface area contributed by atoms with Crippen LogP contribution < -0.4 is 5.73 Å². The summed E-state index contributed by atoms with van der Waals surface area (Å²) in [5, 5.41) is 7.14. The zero-order valence-electron chi connectivity index (χ0n) is 6.85. The van der Waals surface area contributed by atoms with Crippen LogP contribution in [0.2, 0.25) is 0 Å². The van der Waals surface area contributed by atoms with Crippen molar-refractivity contribution in [1.82, 2.24) is 0 Å². The third-order valence-electron chi connectivity index (χ3n) is 1.26. The van der Waals surface area contributed by atoms with Gasteiger partial charge in [0.15, 0.2) is 0 Å². The topological polar surface area (TPSA) is 59.1 Å². The van der Waals surface area contributed by atoms with Crippen molar-refractivity contribution < 1.29 is 4.74 Å². The van der Waals surface area contributed by atoms with Crippen molar-refractivity contribution >= 4 is 5.84 Å². The lowest BCUT2D eigenvalue weighted by Gasteiger charge is -2.18. The normalized spacial score (nSPS) is 13.6. The van der Waals surface area contributed by atoms with Crippen LogP contribution in [0.15, 0.2) is 0 Å². The van der Waals surface area contributed by atoms with Gasteiger partial charge in [-0.2, -0.15) is 0 Å². The Bertz CT molecular complexity index is 112. The summed E-state index contributed by atoms with van der Waals surface area (Å²) < 4.78 is 5.22. The highest BCUT2D eigenvalue weighted by molar-refractivity contribution is 5.81. The van der Waals surface area contributed by atoms with Crippen molar-refractivity contribution in [2.24, 2.45) is 11.7 Å². The summed E-state index contributed by atoms with van der Waals surface area (Å²) in [5.41, 5.74) is 5.28. The van der Waals surface area contributed by atoms with E-state index in [0.29, 0.717) is 6.61 Å². The number of amidine groups is 1. The molecule has 10 heavy (non-hydrogen) atoms. The minimum atomic E-state index is -0.204. The van der Waals surface area contributed by atoms with Gasteiger partial charge in [0.25, 0.3) is 0 Å². The fourth-order valence-corrected chi connectivity index (χ4v) is 0.821. The molecule has 0 spiro atoms. The smallest absolute Gasteiger partial charge is 0.121 e. The number of hydrogen-bond acceptors (Lipinski definition) is 2. The molecule has 0 fully saturated rings. The summed E-state index contributed by atoms with van der Waals surface area (Å²) in [7, 11) is 0. The van der Waals surface area contributed by atoms with Gasteiger partial charge >= 0.3 is 0 Å². The molecule has 0 aromatic rings. The van der Waals surface area contributed by atoms with E-state index in [9.17, 15) is 0 Å². The second-order valence-electron chi connectivity index (χ2n) is 2.58. The van der Waals surface area contributed by atoms with Crippen LogP contribution in [0, 0.1) is 11.3 Å². The molecule has 0 saturated heterocycles. The Labute approximate surface area is 62.1 Å². The zero-order chi connectivity index (χ0) is 8.15. The highest BCUT2D eigenvalue weighted by Gasteiger charge is 2.15. The van der Waals surface area contributed by atoms with Crippen LogP contribution in [-0.2, 0) is 4.74 Å². The number of nitrogens with two attached hydrogens (primary N) is 1. The van der Waals surface area contributed by atoms with Gasteiger partial charge in [-0.15, -0.1) is 0 Å². The van der Waals surface area contributed by atoms with Crippen molar-refractivity contribution in [2.45, 2.75) is 26.9 Å². The van der Waals surface area contributed by atoms with Crippen molar-refractivity contribution in [3.63, 3.8) is 0 Å². The second-order valence-corrected chi connectivity index (χ2v) is 2.58. The summed E-state index contributed by atoms with van der Waals surface area (Å²) in [6.45, 7) is 6.49. The van der Waals surface area contributed by atoms with E-state index in [-0.39, 0.29) is 17.9 Å². The minimum absolute atomic E-state index is 0.122. The Kier molecular flexibility index (Phi) is 4.03. The Morgan fingerprint density at radius 2 is 2.10 bits per heavy atom. The summed E-state index contributed by atoms with van der Waals surface area (Å²) in [4.78, 5) is 0. The Morgan fingerprint density at radius 1 is 1.60 bits per heavy atom. The van der Waals surface area contributed by atoms with Gasteiger partial charge in [0.2, 0.25) is 0 Å². The van der Waals surface area contributed by atoms with E-state index in [4.69, 9.17) is 15.9 Å². The van der Waals surface area contributed by atoms with E-state index in [0.717, 1.165) is 0 Å². The minimum Gasteiger partial charge on any atom is -0.385 e. The maximum absolute atomic E-state index is 7.14. The molecule has 3 heteroatoms. The predicted molar refractivity (Wildman–Crippen MR) is 42.2 cm³/mol. The summed E-state index contributed by atoms with van der Waals surface area (Å²) in [6.07, 6.45) is -0.204. The van der Waals surface area contributed by atoms with Crippen LogP contribution in [0.3, 0.4) is 0 Å². The van der Waals surface area contributed by atoms with Crippen LogP contribution in [-0.4, -0.2) is 18.5 Å². The summed E-state index contributed by atoms with van der Waals surface area (Å²) in [6, 6.07) is 0. The first-order valence-corrected chi connectivity index (χ1v) is 3.55. The highest BCUT2D eigenvalue weighted by Crippen LogP contribution is 2.05. The molecule has 0 aromatic heterocycles. The maximum Gasteiger partial charge on any atom is 0.121 e. The number of nitrogens with one attached hydrogen (secondary N) is 1. The molecule has 1 atom stereocenters. The molecule has 0 bridgehead atoms. The van der Waals surface area contributed by atoms with Gasteiger partial charge in [0.1, 0.15) is 11.9 Å². The molecule has 0 radical (unpaired) electrons. The average molecular weight is 144 g/mol. The van der Waals surface area contributed by atoms with Gasteiger partial charge in [-0.1, -0.05) is 13.8 Å². The Morgan fingerprint density at radius 3 is 2.20 bits per heavy atom. The lowest BCUT2D eigenvalue weighted by molar-refractivity contribution is 0.0769. The van der Waals surface area contributed by atoms with Gasteiger partial charge in [-0.05, 0) is 12.8 Å². The molecule has 3 N–H and O–H groups in total. The molecule has 3 nitrogen and oxygen atoms in total. The molecular weight excluding hydrogens is 128 g/mol. The summed E-state index contributed by atoms with van der Waals surface area (Å²) >= 11 is 0. The van der Waals surface area contributed by atoms with Crippen molar-refractivity contribution in [1.29, 1.82) is 5.41 Å². The molecule has 0 heterocycles. The van der Waals surface area contributed by atoms with Crippen molar-refractivity contribution in [3.8, 4) is 0 Å². The van der Waals surface area contributed by atoms with E-state index in [1.165, 1.54) is 0 Å². The predicted octanol–water partition coefficient (Wildman–Crippen LogP) is 0.983. The molecule has 0 unspecified atom stereocenters. The van der Waals surface area contributed by atoms with Gasteiger partial charge in [-0.25, -0.2) is 0 Å². The van der Waals surface area contributed by atoms with E-state index in [1.54, 1.807) is 0 Å². The lowest BCUT2D eigenvalue weighted by atomic mass is 10.1. The average Bonchev–Trinajstić information content (AvgIpc) is 1.81. The molecule has 0 aliphatic carbocycles. The molecule has 0 aromatic carbocycles. The number of ether oxygens (including phenoxy) is 1. The van der Waals surface area contributed by atoms with Crippen LogP contribution in [0.5, 0.6) is 0 Å². The molecule has 60 valence electrons. The quantitative estimate of drug-likeness (QED) is 0.456. The molecule has 0 aliphatic rings. The maximum atomic E-state index is 7.14. The van der Waals surface area contributed by atoms with Crippen LogP contribution in [0.4, 0.5) is 0 Å². The van der Waals surface area contributed by atoms with Gasteiger partial charge in [-0.3, -0.25) is 5.41 Å².